The summed E-state index contributed by atoms with van der Waals surface area (Å²) in [5, 5.41) is 25.4. The molecule has 5 N–H and O–H groups in total. The number of hydrogen-bond acceptors (Lipinski definition) is 6. The van der Waals surface area contributed by atoms with Crippen LogP contribution in [-0.2, 0) is 19.1 Å². The Hall–Kier alpha value is -1.51. The van der Waals surface area contributed by atoms with E-state index in [4.69, 9.17) is 15.3 Å². The number of aliphatic carboxylic acids is 1. The zero-order valence-corrected chi connectivity index (χ0v) is 9.09. The molecule has 100 valence electrons. The molecule has 0 amide bonds. The lowest BCUT2D eigenvalue weighted by Crippen LogP contribution is -2.28. The summed E-state index contributed by atoms with van der Waals surface area (Å²) in [7, 11) is 0. The molecule has 0 heterocycles. The number of ether oxygens (including phenoxy) is 1. The van der Waals surface area contributed by atoms with Crippen LogP contribution in [0.3, 0.4) is 0 Å². The molecule has 0 spiro atoms. The Morgan fingerprint density at radius 2 is 1.65 bits per heavy atom. The Morgan fingerprint density at radius 3 is 2.12 bits per heavy atom. The molecule has 0 bridgehead atoms. The van der Waals surface area contributed by atoms with E-state index in [1.807, 2.05) is 0 Å². The first kappa shape index (κ1) is 17.9. The van der Waals surface area contributed by atoms with Crippen LogP contribution in [0.2, 0.25) is 0 Å². The second-order valence-corrected chi connectivity index (χ2v) is 3.09. The maximum absolute atomic E-state index is 10.9. The van der Waals surface area contributed by atoms with E-state index in [2.05, 4.69) is 4.74 Å². The standard InChI is InChI=1S/C9H14O7.H2O/c10-5-6(11)9(15)16-8(14)4-2-1-3-7(12)13;/h6,10-11H,1-5H2,(H,12,13);1H2. The van der Waals surface area contributed by atoms with Crippen molar-refractivity contribution in [1.29, 1.82) is 0 Å². The monoisotopic (exact) mass is 252 g/mol. The summed E-state index contributed by atoms with van der Waals surface area (Å²) in [4.78, 5) is 31.8. The smallest absolute Gasteiger partial charge is 0.345 e. The highest BCUT2D eigenvalue weighted by Crippen LogP contribution is 2.02. The molecule has 0 aromatic carbocycles. The number of aliphatic hydroxyl groups excluding tert-OH is 2. The fourth-order valence-corrected chi connectivity index (χ4v) is 0.851. The van der Waals surface area contributed by atoms with Gasteiger partial charge in [0.15, 0.2) is 6.10 Å². The van der Waals surface area contributed by atoms with Crippen LogP contribution in [0.1, 0.15) is 25.7 Å². The highest BCUT2D eigenvalue weighted by atomic mass is 16.6. The fraction of sp³-hybridized carbons (Fsp3) is 0.667. The van der Waals surface area contributed by atoms with Gasteiger partial charge in [-0.05, 0) is 12.8 Å². The summed E-state index contributed by atoms with van der Waals surface area (Å²) in [5.74, 6) is -3.01. The van der Waals surface area contributed by atoms with Crippen molar-refractivity contribution in [2.24, 2.45) is 0 Å². The van der Waals surface area contributed by atoms with Gasteiger partial charge in [-0.25, -0.2) is 4.79 Å². The van der Waals surface area contributed by atoms with E-state index in [-0.39, 0.29) is 24.7 Å². The third kappa shape index (κ3) is 9.42. The van der Waals surface area contributed by atoms with Crippen molar-refractivity contribution in [2.45, 2.75) is 31.8 Å². The van der Waals surface area contributed by atoms with E-state index in [0.29, 0.717) is 6.42 Å². The number of carbonyl (C=O) groups excluding carboxylic acids is 2. The van der Waals surface area contributed by atoms with Crippen LogP contribution in [0.25, 0.3) is 0 Å². The van der Waals surface area contributed by atoms with Crippen molar-refractivity contribution in [3.05, 3.63) is 0 Å². The SMILES string of the molecule is O.O=C(O)CCCCC(=O)OC(=O)C(O)CO. The molecule has 0 saturated heterocycles. The van der Waals surface area contributed by atoms with Crippen LogP contribution in [0.5, 0.6) is 0 Å². The average Bonchev–Trinajstić information content (AvgIpc) is 2.22. The van der Waals surface area contributed by atoms with Gasteiger partial charge in [-0.15, -0.1) is 0 Å². The average molecular weight is 252 g/mol. The molecule has 0 aromatic rings. The molecule has 1 atom stereocenters. The molecule has 0 saturated carbocycles. The molecular formula is C9H16O8. The normalized spacial score (nSPS) is 11.2. The van der Waals surface area contributed by atoms with Crippen LogP contribution in [0.4, 0.5) is 0 Å². The molecular weight excluding hydrogens is 236 g/mol. The predicted molar refractivity (Wildman–Crippen MR) is 53.9 cm³/mol. The van der Waals surface area contributed by atoms with Crippen molar-refractivity contribution in [3.8, 4) is 0 Å². The molecule has 0 aliphatic carbocycles. The summed E-state index contributed by atoms with van der Waals surface area (Å²) >= 11 is 0. The molecule has 17 heavy (non-hydrogen) atoms. The van der Waals surface area contributed by atoms with E-state index in [9.17, 15) is 14.4 Å². The lowest BCUT2D eigenvalue weighted by atomic mass is 10.2. The highest BCUT2D eigenvalue weighted by Gasteiger charge is 2.18. The lowest BCUT2D eigenvalue weighted by molar-refractivity contribution is -0.167. The summed E-state index contributed by atoms with van der Waals surface area (Å²) in [6, 6.07) is 0. The van der Waals surface area contributed by atoms with Gasteiger partial charge in [-0.3, -0.25) is 9.59 Å². The van der Waals surface area contributed by atoms with Crippen molar-refractivity contribution in [3.63, 3.8) is 0 Å². The first-order valence-corrected chi connectivity index (χ1v) is 4.72. The molecule has 0 aliphatic heterocycles. The van der Waals surface area contributed by atoms with Crippen molar-refractivity contribution < 1.29 is 39.9 Å². The van der Waals surface area contributed by atoms with E-state index in [0.717, 1.165) is 0 Å². The first-order valence-electron chi connectivity index (χ1n) is 4.72. The predicted octanol–water partition coefficient (Wildman–Crippen LogP) is -1.77. The number of aliphatic hydroxyl groups is 2. The van der Waals surface area contributed by atoms with E-state index < -0.39 is 30.6 Å². The number of carboxylic acids is 1. The van der Waals surface area contributed by atoms with Gasteiger partial charge < -0.3 is 25.5 Å². The molecule has 0 aromatic heterocycles. The summed E-state index contributed by atoms with van der Waals surface area (Å²) in [6.45, 7) is -0.814. The van der Waals surface area contributed by atoms with E-state index >= 15 is 0 Å². The number of hydrogen-bond donors (Lipinski definition) is 3. The lowest BCUT2D eigenvalue weighted by Gasteiger charge is -2.05. The molecule has 8 nitrogen and oxygen atoms in total. The minimum Gasteiger partial charge on any atom is -0.481 e. The maximum atomic E-state index is 10.9. The Labute approximate surface area is 97.1 Å². The summed E-state index contributed by atoms with van der Waals surface area (Å²) in [6.07, 6.45) is -1.28. The number of unbranched alkanes of at least 4 members (excludes halogenated alkanes) is 1. The van der Waals surface area contributed by atoms with Gasteiger partial charge in [0.2, 0.25) is 0 Å². The van der Waals surface area contributed by atoms with Gasteiger partial charge in [-0.1, -0.05) is 0 Å². The Balaban J connectivity index is 0. The quantitative estimate of drug-likeness (QED) is 0.275. The van der Waals surface area contributed by atoms with Crippen LogP contribution in [-0.4, -0.2) is 51.4 Å². The molecule has 8 heteroatoms. The summed E-state index contributed by atoms with van der Waals surface area (Å²) < 4.78 is 4.17. The minimum atomic E-state index is -1.72. The second kappa shape index (κ2) is 9.70. The van der Waals surface area contributed by atoms with Gasteiger partial charge in [0.25, 0.3) is 0 Å². The molecule has 0 rings (SSSR count). The molecule has 0 fully saturated rings. The van der Waals surface area contributed by atoms with Crippen LogP contribution < -0.4 is 0 Å². The van der Waals surface area contributed by atoms with Gasteiger partial charge in [-0.2, -0.15) is 0 Å². The highest BCUT2D eigenvalue weighted by molar-refractivity contribution is 5.87. The van der Waals surface area contributed by atoms with Crippen molar-refractivity contribution in [2.75, 3.05) is 6.61 Å². The van der Waals surface area contributed by atoms with Crippen LogP contribution in [0, 0.1) is 0 Å². The van der Waals surface area contributed by atoms with Gasteiger partial charge in [0.1, 0.15) is 0 Å². The first-order chi connectivity index (χ1) is 7.47. The Morgan fingerprint density at radius 1 is 1.12 bits per heavy atom. The van der Waals surface area contributed by atoms with E-state index in [1.165, 1.54) is 0 Å². The zero-order chi connectivity index (χ0) is 12.6. The Kier molecular flexibility index (Phi) is 10.2. The molecule has 0 radical (unpaired) electrons. The van der Waals surface area contributed by atoms with Gasteiger partial charge in [0, 0.05) is 12.8 Å². The number of esters is 2. The zero-order valence-electron chi connectivity index (χ0n) is 9.09. The van der Waals surface area contributed by atoms with Gasteiger partial charge >= 0.3 is 17.9 Å². The van der Waals surface area contributed by atoms with Crippen LogP contribution in [0.15, 0.2) is 0 Å². The minimum absolute atomic E-state index is 0. The second-order valence-electron chi connectivity index (χ2n) is 3.09. The van der Waals surface area contributed by atoms with E-state index in [1.54, 1.807) is 0 Å². The fourth-order valence-electron chi connectivity index (χ4n) is 0.851. The topological polar surface area (TPSA) is 153 Å². The van der Waals surface area contributed by atoms with Crippen molar-refractivity contribution in [1.82, 2.24) is 0 Å². The number of rotatable bonds is 7. The van der Waals surface area contributed by atoms with Gasteiger partial charge in [0.05, 0.1) is 6.61 Å². The maximum Gasteiger partial charge on any atom is 0.345 e. The third-order valence-corrected chi connectivity index (χ3v) is 1.68. The molecule has 0 aliphatic rings. The van der Waals surface area contributed by atoms with Crippen molar-refractivity contribution >= 4 is 17.9 Å². The number of carbonyl (C=O) groups is 3. The third-order valence-electron chi connectivity index (χ3n) is 1.68. The number of carboxylic acid groups (broad SMARTS) is 1. The Bertz CT molecular complexity index is 262. The van der Waals surface area contributed by atoms with Crippen LogP contribution >= 0.6 is 0 Å². The molecule has 1 unspecified atom stereocenters. The largest absolute Gasteiger partial charge is 0.481 e. The summed E-state index contributed by atoms with van der Waals surface area (Å²) in [5.41, 5.74) is 0.